The van der Waals surface area contributed by atoms with Crippen LogP contribution in [0, 0.1) is 13.8 Å². The number of ether oxygens (including phenoxy) is 2. The van der Waals surface area contributed by atoms with E-state index in [4.69, 9.17) is 9.47 Å². The maximum atomic E-state index is 12.6. The smallest absolute Gasteiger partial charge is 0.410 e. The Bertz CT molecular complexity index is 1090. The number of esters is 1. The van der Waals surface area contributed by atoms with Crippen molar-refractivity contribution < 1.29 is 19.1 Å². The molecular formula is C27H31NO4. The van der Waals surface area contributed by atoms with Gasteiger partial charge in [0.25, 0.3) is 0 Å². The van der Waals surface area contributed by atoms with Gasteiger partial charge in [0, 0.05) is 25.1 Å². The number of rotatable bonds is 3. The van der Waals surface area contributed by atoms with Crippen LogP contribution in [0.3, 0.4) is 0 Å². The maximum Gasteiger partial charge on any atom is 0.410 e. The van der Waals surface area contributed by atoms with Gasteiger partial charge in [-0.2, -0.15) is 0 Å². The minimum Gasteiger partial charge on any atom is -0.454 e. The van der Waals surface area contributed by atoms with Crippen molar-refractivity contribution in [1.29, 1.82) is 0 Å². The topological polar surface area (TPSA) is 55.8 Å². The molecule has 0 saturated heterocycles. The lowest BCUT2D eigenvalue weighted by Gasteiger charge is -2.29. The first-order valence-electron chi connectivity index (χ1n) is 11.2. The maximum absolute atomic E-state index is 12.6. The number of hydrogen-bond acceptors (Lipinski definition) is 4. The second kappa shape index (κ2) is 8.45. The fraction of sp³-hybridized carbons (Fsp3) is 0.407. The van der Waals surface area contributed by atoms with E-state index in [-0.39, 0.29) is 18.2 Å². The highest BCUT2D eigenvalue weighted by molar-refractivity contribution is 5.95. The highest BCUT2D eigenvalue weighted by atomic mass is 16.6. The van der Waals surface area contributed by atoms with Gasteiger partial charge in [0.1, 0.15) is 11.7 Å². The van der Waals surface area contributed by atoms with Crippen LogP contribution in [-0.2, 0) is 15.9 Å². The van der Waals surface area contributed by atoms with E-state index in [1.165, 1.54) is 16.7 Å². The molecule has 2 heterocycles. The summed E-state index contributed by atoms with van der Waals surface area (Å²) in [5, 5.41) is 0. The van der Waals surface area contributed by atoms with Crippen molar-refractivity contribution >= 4 is 17.6 Å². The monoisotopic (exact) mass is 433 g/mol. The Morgan fingerprint density at radius 2 is 1.94 bits per heavy atom. The average molecular weight is 434 g/mol. The number of nitrogens with zero attached hydrogens (tertiary/aromatic N) is 1. The van der Waals surface area contributed by atoms with Gasteiger partial charge in [-0.1, -0.05) is 42.0 Å². The van der Waals surface area contributed by atoms with Crippen LogP contribution in [0.2, 0.25) is 0 Å². The summed E-state index contributed by atoms with van der Waals surface area (Å²) in [5.74, 6) is -0.261. The molecule has 2 aromatic carbocycles. The van der Waals surface area contributed by atoms with E-state index in [9.17, 15) is 9.59 Å². The highest BCUT2D eigenvalue weighted by Crippen LogP contribution is 2.36. The predicted octanol–water partition coefficient (Wildman–Crippen LogP) is 5.78. The Hall–Kier alpha value is -3.08. The van der Waals surface area contributed by atoms with Crippen LogP contribution in [0.15, 0.2) is 42.5 Å². The van der Waals surface area contributed by atoms with Crippen LogP contribution >= 0.6 is 0 Å². The van der Waals surface area contributed by atoms with Gasteiger partial charge in [-0.3, -0.25) is 0 Å². The van der Waals surface area contributed by atoms with Gasteiger partial charge in [-0.25, -0.2) is 9.59 Å². The number of cyclic esters (lactones) is 1. The average Bonchev–Trinajstić information content (AvgIpc) is 3.04. The van der Waals surface area contributed by atoms with Crippen LogP contribution in [0.1, 0.15) is 71.5 Å². The Morgan fingerprint density at radius 3 is 2.59 bits per heavy atom. The van der Waals surface area contributed by atoms with Crippen molar-refractivity contribution in [2.24, 2.45) is 0 Å². The lowest BCUT2D eigenvalue weighted by molar-refractivity contribution is 0.0270. The van der Waals surface area contributed by atoms with Crippen molar-refractivity contribution in [3.05, 3.63) is 75.9 Å². The Balaban J connectivity index is 1.49. The van der Waals surface area contributed by atoms with Gasteiger partial charge in [0.05, 0.1) is 5.56 Å². The standard InChI is InChI=1S/C27H31NO4/c1-17-6-7-20(18(2)14-17)16-24-22-9-8-21(15-23(22)25(29)31-24)19-10-12-28(13-11-19)26(30)32-27(3,4)5/h6-10,14-15,24H,11-13,16H2,1-5H3. The van der Waals surface area contributed by atoms with Gasteiger partial charge in [0.2, 0.25) is 0 Å². The van der Waals surface area contributed by atoms with Gasteiger partial charge in [-0.15, -0.1) is 0 Å². The van der Waals surface area contributed by atoms with E-state index in [0.717, 1.165) is 23.1 Å². The molecule has 1 atom stereocenters. The third kappa shape index (κ3) is 4.72. The minimum absolute atomic E-state index is 0.254. The van der Waals surface area contributed by atoms with Crippen molar-refractivity contribution in [1.82, 2.24) is 4.90 Å². The molecule has 2 aromatic rings. The number of aryl methyl sites for hydroxylation is 2. The van der Waals surface area contributed by atoms with Crippen molar-refractivity contribution in [2.45, 2.75) is 59.2 Å². The highest BCUT2D eigenvalue weighted by Gasteiger charge is 2.32. The van der Waals surface area contributed by atoms with Crippen LogP contribution in [-0.4, -0.2) is 35.7 Å². The lowest BCUT2D eigenvalue weighted by atomic mass is 9.92. The molecule has 0 spiro atoms. The van der Waals surface area contributed by atoms with Crippen molar-refractivity contribution in [3.63, 3.8) is 0 Å². The molecule has 2 aliphatic rings. The lowest BCUT2D eigenvalue weighted by Crippen LogP contribution is -2.39. The molecule has 0 N–H and O–H groups in total. The zero-order valence-corrected chi connectivity index (χ0v) is 19.5. The third-order valence-corrected chi connectivity index (χ3v) is 6.00. The first kappa shape index (κ1) is 22.1. The summed E-state index contributed by atoms with van der Waals surface area (Å²) in [7, 11) is 0. The first-order chi connectivity index (χ1) is 15.1. The molecule has 5 heteroatoms. The van der Waals surface area contributed by atoms with Crippen LogP contribution in [0.4, 0.5) is 4.79 Å². The molecule has 5 nitrogen and oxygen atoms in total. The molecular weight excluding hydrogens is 402 g/mol. The number of carbonyl (C=O) groups excluding carboxylic acids is 2. The van der Waals surface area contributed by atoms with Crippen LogP contribution < -0.4 is 0 Å². The second-order valence-corrected chi connectivity index (χ2v) is 9.74. The Labute approximate surface area is 190 Å². The normalized spacial score (nSPS) is 18.2. The van der Waals surface area contributed by atoms with E-state index in [2.05, 4.69) is 38.1 Å². The van der Waals surface area contributed by atoms with E-state index in [1.807, 2.05) is 39.0 Å². The van der Waals surface area contributed by atoms with Crippen LogP contribution in [0.25, 0.3) is 5.57 Å². The molecule has 0 saturated carbocycles. The van der Waals surface area contributed by atoms with Crippen LogP contribution in [0.5, 0.6) is 0 Å². The first-order valence-corrected chi connectivity index (χ1v) is 11.2. The molecule has 4 rings (SSSR count). The summed E-state index contributed by atoms with van der Waals surface area (Å²) in [5.41, 5.74) is 6.88. The number of benzene rings is 2. The molecule has 32 heavy (non-hydrogen) atoms. The number of fused-ring (bicyclic) bond motifs is 1. The van der Waals surface area contributed by atoms with Gasteiger partial charge in [0.15, 0.2) is 0 Å². The summed E-state index contributed by atoms with van der Waals surface area (Å²) >= 11 is 0. The van der Waals surface area contributed by atoms with E-state index in [1.54, 1.807) is 4.90 Å². The summed E-state index contributed by atoms with van der Waals surface area (Å²) in [6.45, 7) is 10.9. The minimum atomic E-state index is -0.505. The zero-order valence-electron chi connectivity index (χ0n) is 19.5. The van der Waals surface area contributed by atoms with Crippen molar-refractivity contribution in [2.75, 3.05) is 13.1 Å². The molecule has 0 bridgehead atoms. The second-order valence-electron chi connectivity index (χ2n) is 9.74. The third-order valence-electron chi connectivity index (χ3n) is 6.00. The summed E-state index contributed by atoms with van der Waals surface area (Å²) < 4.78 is 11.2. The fourth-order valence-electron chi connectivity index (χ4n) is 4.32. The molecule has 0 aromatic heterocycles. The summed E-state index contributed by atoms with van der Waals surface area (Å²) in [4.78, 5) is 26.6. The van der Waals surface area contributed by atoms with Gasteiger partial charge < -0.3 is 14.4 Å². The molecule has 0 fully saturated rings. The predicted molar refractivity (Wildman–Crippen MR) is 125 cm³/mol. The number of amides is 1. The SMILES string of the molecule is Cc1ccc(CC2OC(=O)c3cc(C4=CCN(C(=O)OC(C)(C)C)CC4)ccc32)c(C)c1. The molecule has 2 aliphatic heterocycles. The Morgan fingerprint density at radius 1 is 1.16 bits per heavy atom. The number of hydrogen-bond donors (Lipinski definition) is 0. The van der Waals surface area contributed by atoms with Crippen molar-refractivity contribution in [3.8, 4) is 0 Å². The van der Waals surface area contributed by atoms with Gasteiger partial charge in [-0.05, 0) is 69.4 Å². The van der Waals surface area contributed by atoms with E-state index < -0.39 is 5.60 Å². The largest absolute Gasteiger partial charge is 0.454 e. The molecule has 0 aliphatic carbocycles. The fourth-order valence-corrected chi connectivity index (χ4v) is 4.32. The molecule has 1 amide bonds. The Kier molecular flexibility index (Phi) is 5.85. The number of carbonyl (C=O) groups is 2. The molecule has 0 radical (unpaired) electrons. The molecule has 1 unspecified atom stereocenters. The van der Waals surface area contributed by atoms with Gasteiger partial charge >= 0.3 is 12.1 Å². The summed E-state index contributed by atoms with van der Waals surface area (Å²) in [6.07, 6.45) is 2.90. The summed E-state index contributed by atoms with van der Waals surface area (Å²) in [6, 6.07) is 12.4. The molecule has 168 valence electrons. The van der Waals surface area contributed by atoms with E-state index >= 15 is 0 Å². The zero-order chi connectivity index (χ0) is 23.0. The van der Waals surface area contributed by atoms with E-state index in [0.29, 0.717) is 25.1 Å². The quantitative estimate of drug-likeness (QED) is 0.576.